The molecule has 0 aromatic heterocycles. The van der Waals surface area contributed by atoms with Crippen LogP contribution in [-0.2, 0) is 4.74 Å². The number of rotatable bonds is 4. The Morgan fingerprint density at radius 1 is 1.23 bits per heavy atom. The maximum Gasteiger partial charge on any atom is 0.0587 e. The number of ether oxygens (including phenoxy) is 1. The van der Waals surface area contributed by atoms with Crippen LogP contribution in [0.15, 0.2) is 0 Å². The van der Waals surface area contributed by atoms with Crippen molar-refractivity contribution >= 4 is 0 Å². The molecule has 2 nitrogen and oxygen atoms in total. The average Bonchev–Trinajstić information content (AvgIpc) is 2.12. The summed E-state index contributed by atoms with van der Waals surface area (Å²) in [6.07, 6.45) is 4.06. The third-order valence-corrected chi connectivity index (χ3v) is 3.34. The van der Waals surface area contributed by atoms with Gasteiger partial charge in [-0.3, -0.25) is 0 Å². The van der Waals surface area contributed by atoms with Crippen LogP contribution in [0.5, 0.6) is 0 Å². The van der Waals surface area contributed by atoms with Crippen LogP contribution < -0.4 is 5.32 Å². The normalized spacial score (nSPS) is 34.8. The molecule has 1 fully saturated rings. The molecule has 0 spiro atoms. The Morgan fingerprint density at radius 3 is 2.62 bits per heavy atom. The van der Waals surface area contributed by atoms with Gasteiger partial charge in [0.15, 0.2) is 0 Å². The van der Waals surface area contributed by atoms with Gasteiger partial charge in [0.1, 0.15) is 0 Å². The first-order valence-electron chi connectivity index (χ1n) is 5.46. The highest BCUT2D eigenvalue weighted by Crippen LogP contribution is 2.29. The summed E-state index contributed by atoms with van der Waals surface area (Å²) in [7, 11) is 1.76. The van der Waals surface area contributed by atoms with Gasteiger partial charge in [-0.15, -0.1) is 0 Å². The first-order valence-corrected chi connectivity index (χ1v) is 5.46. The van der Waals surface area contributed by atoms with E-state index in [0.29, 0.717) is 0 Å². The van der Waals surface area contributed by atoms with E-state index in [-0.39, 0.29) is 0 Å². The van der Waals surface area contributed by atoms with Gasteiger partial charge in [-0.25, -0.2) is 0 Å². The Kier molecular flexibility index (Phi) is 4.74. The van der Waals surface area contributed by atoms with E-state index in [9.17, 15) is 0 Å². The second kappa shape index (κ2) is 5.61. The van der Waals surface area contributed by atoms with Gasteiger partial charge >= 0.3 is 0 Å². The first kappa shape index (κ1) is 11.0. The third kappa shape index (κ3) is 3.65. The van der Waals surface area contributed by atoms with Crippen molar-refractivity contribution in [1.29, 1.82) is 0 Å². The van der Waals surface area contributed by atoms with Crippen LogP contribution in [0.1, 0.15) is 33.1 Å². The smallest absolute Gasteiger partial charge is 0.0587 e. The van der Waals surface area contributed by atoms with E-state index in [4.69, 9.17) is 4.74 Å². The summed E-state index contributed by atoms with van der Waals surface area (Å²) in [4.78, 5) is 0. The molecule has 0 unspecified atom stereocenters. The molecule has 1 aliphatic carbocycles. The molecule has 0 bridgehead atoms. The predicted octanol–water partition coefficient (Wildman–Crippen LogP) is 2.05. The van der Waals surface area contributed by atoms with Gasteiger partial charge in [-0.2, -0.15) is 0 Å². The van der Waals surface area contributed by atoms with Gasteiger partial charge in [0.05, 0.1) is 6.61 Å². The van der Waals surface area contributed by atoms with Crippen molar-refractivity contribution in [3.05, 3.63) is 0 Å². The average molecular weight is 185 g/mol. The summed E-state index contributed by atoms with van der Waals surface area (Å²) in [6, 6.07) is 0.737. The molecule has 1 aliphatic rings. The van der Waals surface area contributed by atoms with E-state index < -0.39 is 0 Å². The molecule has 1 N–H and O–H groups in total. The minimum atomic E-state index is 0.737. The molecule has 1 saturated carbocycles. The SMILES string of the molecule is COCCN[C@H]1CC[C@H](C)[C@@H](C)C1. The topological polar surface area (TPSA) is 21.3 Å². The summed E-state index contributed by atoms with van der Waals surface area (Å²) in [5, 5.41) is 3.55. The van der Waals surface area contributed by atoms with E-state index >= 15 is 0 Å². The fraction of sp³-hybridized carbons (Fsp3) is 1.00. The zero-order valence-electron chi connectivity index (χ0n) is 9.18. The molecule has 0 aromatic rings. The summed E-state index contributed by atoms with van der Waals surface area (Å²) >= 11 is 0. The lowest BCUT2D eigenvalue weighted by molar-refractivity contribution is 0.178. The van der Waals surface area contributed by atoms with Crippen molar-refractivity contribution in [2.24, 2.45) is 11.8 Å². The van der Waals surface area contributed by atoms with E-state index in [1.807, 2.05) is 0 Å². The van der Waals surface area contributed by atoms with Gasteiger partial charge in [-0.05, 0) is 31.1 Å². The molecular weight excluding hydrogens is 162 g/mol. The molecule has 78 valence electrons. The molecular formula is C11H23NO. The standard InChI is InChI=1S/C11H23NO/c1-9-4-5-11(8-10(9)2)12-6-7-13-3/h9-12H,4-8H2,1-3H3/t9-,10-,11-/m0/s1. The van der Waals surface area contributed by atoms with Crippen molar-refractivity contribution in [2.45, 2.75) is 39.2 Å². The lowest BCUT2D eigenvalue weighted by Gasteiger charge is -2.32. The number of methoxy groups -OCH3 is 1. The highest BCUT2D eigenvalue weighted by molar-refractivity contribution is 4.79. The van der Waals surface area contributed by atoms with Crippen LogP contribution in [-0.4, -0.2) is 26.3 Å². The summed E-state index contributed by atoms with van der Waals surface area (Å²) in [6.45, 7) is 6.58. The Bertz CT molecular complexity index is 138. The van der Waals surface area contributed by atoms with Crippen LogP contribution in [0.3, 0.4) is 0 Å². The van der Waals surface area contributed by atoms with Gasteiger partial charge in [0, 0.05) is 19.7 Å². The molecule has 13 heavy (non-hydrogen) atoms. The van der Waals surface area contributed by atoms with E-state index in [0.717, 1.165) is 31.0 Å². The van der Waals surface area contributed by atoms with Crippen LogP contribution >= 0.6 is 0 Å². The van der Waals surface area contributed by atoms with Crippen molar-refractivity contribution in [3.8, 4) is 0 Å². The van der Waals surface area contributed by atoms with Crippen molar-refractivity contribution in [3.63, 3.8) is 0 Å². The van der Waals surface area contributed by atoms with Crippen LogP contribution in [0.2, 0.25) is 0 Å². The second-order valence-electron chi connectivity index (χ2n) is 4.41. The molecule has 0 amide bonds. The van der Waals surface area contributed by atoms with Gasteiger partial charge in [-0.1, -0.05) is 13.8 Å². The third-order valence-electron chi connectivity index (χ3n) is 3.34. The van der Waals surface area contributed by atoms with Crippen molar-refractivity contribution < 1.29 is 4.74 Å². The molecule has 0 heterocycles. The molecule has 0 aromatic carbocycles. The van der Waals surface area contributed by atoms with E-state index in [1.165, 1.54) is 19.3 Å². The molecule has 2 heteroatoms. The highest BCUT2D eigenvalue weighted by atomic mass is 16.5. The lowest BCUT2D eigenvalue weighted by atomic mass is 9.79. The summed E-state index contributed by atoms with van der Waals surface area (Å²) in [5.74, 6) is 1.80. The lowest BCUT2D eigenvalue weighted by Crippen LogP contribution is -2.37. The van der Waals surface area contributed by atoms with Gasteiger partial charge in [0.2, 0.25) is 0 Å². The van der Waals surface area contributed by atoms with E-state index in [2.05, 4.69) is 19.2 Å². The van der Waals surface area contributed by atoms with E-state index in [1.54, 1.807) is 7.11 Å². The maximum absolute atomic E-state index is 5.02. The highest BCUT2D eigenvalue weighted by Gasteiger charge is 2.23. The minimum Gasteiger partial charge on any atom is -0.383 e. The summed E-state index contributed by atoms with van der Waals surface area (Å²) < 4.78 is 5.02. The Morgan fingerprint density at radius 2 is 2.00 bits per heavy atom. The zero-order valence-corrected chi connectivity index (χ0v) is 9.18. The first-order chi connectivity index (χ1) is 6.24. The largest absolute Gasteiger partial charge is 0.383 e. The van der Waals surface area contributed by atoms with Crippen LogP contribution in [0.4, 0.5) is 0 Å². The number of hydrogen-bond acceptors (Lipinski definition) is 2. The summed E-state index contributed by atoms with van der Waals surface area (Å²) in [5.41, 5.74) is 0. The quantitative estimate of drug-likeness (QED) is 0.677. The van der Waals surface area contributed by atoms with Gasteiger partial charge in [0.25, 0.3) is 0 Å². The molecule has 0 saturated heterocycles. The number of hydrogen-bond donors (Lipinski definition) is 1. The van der Waals surface area contributed by atoms with Crippen molar-refractivity contribution in [1.82, 2.24) is 5.32 Å². The van der Waals surface area contributed by atoms with Crippen molar-refractivity contribution in [2.75, 3.05) is 20.3 Å². The number of nitrogens with one attached hydrogen (secondary N) is 1. The molecule has 0 radical (unpaired) electrons. The molecule has 3 atom stereocenters. The predicted molar refractivity (Wildman–Crippen MR) is 55.8 cm³/mol. The van der Waals surface area contributed by atoms with Gasteiger partial charge < -0.3 is 10.1 Å². The monoisotopic (exact) mass is 185 g/mol. The fourth-order valence-electron chi connectivity index (χ4n) is 2.10. The zero-order chi connectivity index (χ0) is 9.68. The van der Waals surface area contributed by atoms with Crippen LogP contribution in [0.25, 0.3) is 0 Å². The maximum atomic E-state index is 5.02. The second-order valence-corrected chi connectivity index (χ2v) is 4.41. The Hall–Kier alpha value is -0.0800. The van der Waals surface area contributed by atoms with Crippen LogP contribution in [0, 0.1) is 11.8 Å². The minimum absolute atomic E-state index is 0.737. The Labute approximate surface area is 82.0 Å². The molecule has 1 rings (SSSR count). The fourth-order valence-corrected chi connectivity index (χ4v) is 2.10. The Balaban J connectivity index is 2.14. The molecule has 0 aliphatic heterocycles.